The van der Waals surface area contributed by atoms with Crippen molar-refractivity contribution < 1.29 is 5.11 Å². The Morgan fingerprint density at radius 1 is 1.43 bits per heavy atom. The van der Waals surface area contributed by atoms with E-state index >= 15 is 0 Å². The molecule has 1 heterocycles. The zero-order chi connectivity index (χ0) is 10.1. The molecule has 0 saturated carbocycles. The highest BCUT2D eigenvalue weighted by molar-refractivity contribution is 5.91. The Balaban J connectivity index is 2.81. The summed E-state index contributed by atoms with van der Waals surface area (Å²) in [5.41, 5.74) is 8.61. The predicted molar refractivity (Wildman–Crippen MR) is 57.9 cm³/mol. The molecule has 3 heteroatoms. The molecule has 0 fully saturated rings. The summed E-state index contributed by atoms with van der Waals surface area (Å²) in [4.78, 5) is 0. The van der Waals surface area contributed by atoms with Crippen molar-refractivity contribution >= 4 is 16.6 Å². The molecule has 1 aromatic heterocycles. The third kappa shape index (κ3) is 1.17. The molecule has 0 radical (unpaired) electrons. The summed E-state index contributed by atoms with van der Waals surface area (Å²) < 4.78 is 2.05. The molecule has 1 aromatic carbocycles. The van der Waals surface area contributed by atoms with Crippen molar-refractivity contribution in [2.75, 3.05) is 5.73 Å². The molecule has 2 rings (SSSR count). The zero-order valence-corrected chi connectivity index (χ0v) is 8.20. The summed E-state index contributed by atoms with van der Waals surface area (Å²) in [6.45, 7) is 2.93. The van der Waals surface area contributed by atoms with Crippen LogP contribution in [0.4, 0.5) is 5.69 Å². The lowest BCUT2D eigenvalue weighted by Gasteiger charge is -2.06. The topological polar surface area (TPSA) is 51.2 Å². The van der Waals surface area contributed by atoms with Gasteiger partial charge in [0.15, 0.2) is 0 Å². The summed E-state index contributed by atoms with van der Waals surface area (Å²) in [5.74, 6) is 0. The lowest BCUT2D eigenvalue weighted by molar-refractivity contribution is 0.272. The lowest BCUT2D eigenvalue weighted by atomic mass is 10.2. The maximum Gasteiger partial charge on any atom is 0.0833 e. The van der Waals surface area contributed by atoms with Crippen molar-refractivity contribution in [2.24, 2.45) is 0 Å². The standard InChI is InChI=1S/C11H14N2O/c1-2-13-9(7-14)6-8-4-3-5-10(12)11(8)13/h3-6,14H,2,7,12H2,1H3. The highest BCUT2D eigenvalue weighted by Crippen LogP contribution is 2.25. The molecule has 2 aromatic rings. The Labute approximate surface area is 82.8 Å². The average Bonchev–Trinajstić information content (AvgIpc) is 2.56. The number of aromatic nitrogens is 1. The van der Waals surface area contributed by atoms with Gasteiger partial charge in [-0.25, -0.2) is 0 Å². The number of aliphatic hydroxyl groups is 1. The van der Waals surface area contributed by atoms with Crippen molar-refractivity contribution in [3.8, 4) is 0 Å². The van der Waals surface area contributed by atoms with Crippen LogP contribution in [-0.2, 0) is 13.2 Å². The number of fused-ring (bicyclic) bond motifs is 1. The van der Waals surface area contributed by atoms with Crippen LogP contribution in [0.5, 0.6) is 0 Å². The van der Waals surface area contributed by atoms with Crippen LogP contribution in [0.25, 0.3) is 10.9 Å². The van der Waals surface area contributed by atoms with Crippen LogP contribution in [-0.4, -0.2) is 9.67 Å². The zero-order valence-electron chi connectivity index (χ0n) is 8.20. The SMILES string of the molecule is CCn1c(CO)cc2cccc(N)c21. The van der Waals surface area contributed by atoms with Gasteiger partial charge in [0.25, 0.3) is 0 Å². The van der Waals surface area contributed by atoms with E-state index in [1.165, 1.54) is 0 Å². The minimum Gasteiger partial charge on any atom is -0.397 e. The molecule has 0 spiro atoms. The fraction of sp³-hybridized carbons (Fsp3) is 0.273. The highest BCUT2D eigenvalue weighted by Gasteiger charge is 2.08. The molecular weight excluding hydrogens is 176 g/mol. The number of nitrogens with zero attached hydrogens (tertiary/aromatic N) is 1. The Bertz CT molecular complexity index is 460. The normalized spacial score (nSPS) is 11.0. The van der Waals surface area contributed by atoms with E-state index < -0.39 is 0 Å². The number of nitrogens with two attached hydrogens (primary N) is 1. The van der Waals surface area contributed by atoms with Crippen LogP contribution in [0.1, 0.15) is 12.6 Å². The van der Waals surface area contributed by atoms with Gasteiger partial charge in [0.2, 0.25) is 0 Å². The number of aryl methyl sites for hydroxylation is 1. The van der Waals surface area contributed by atoms with Crippen LogP contribution < -0.4 is 5.73 Å². The summed E-state index contributed by atoms with van der Waals surface area (Å²) in [6, 6.07) is 7.81. The second kappa shape index (κ2) is 3.35. The van der Waals surface area contributed by atoms with Gasteiger partial charge in [0, 0.05) is 17.6 Å². The van der Waals surface area contributed by atoms with Gasteiger partial charge in [-0.1, -0.05) is 12.1 Å². The van der Waals surface area contributed by atoms with Gasteiger partial charge in [-0.3, -0.25) is 0 Å². The van der Waals surface area contributed by atoms with E-state index in [9.17, 15) is 5.11 Å². The van der Waals surface area contributed by atoms with E-state index in [2.05, 4.69) is 0 Å². The number of para-hydroxylation sites is 1. The Hall–Kier alpha value is -1.48. The first kappa shape index (κ1) is 9.09. The number of nitrogen functional groups attached to an aromatic ring is 1. The van der Waals surface area contributed by atoms with Crippen molar-refractivity contribution in [1.29, 1.82) is 0 Å². The summed E-state index contributed by atoms with van der Waals surface area (Å²) in [6.07, 6.45) is 0. The van der Waals surface area contributed by atoms with Crippen molar-refractivity contribution in [3.63, 3.8) is 0 Å². The minimum absolute atomic E-state index is 0.0575. The average molecular weight is 190 g/mol. The molecule has 0 amide bonds. The quantitative estimate of drug-likeness (QED) is 0.709. The molecule has 0 aliphatic carbocycles. The van der Waals surface area contributed by atoms with Gasteiger partial charge < -0.3 is 15.4 Å². The third-order valence-corrected chi connectivity index (χ3v) is 2.52. The molecule has 74 valence electrons. The molecule has 0 bridgehead atoms. The Morgan fingerprint density at radius 3 is 2.86 bits per heavy atom. The van der Waals surface area contributed by atoms with Crippen molar-refractivity contribution in [3.05, 3.63) is 30.0 Å². The first-order valence-electron chi connectivity index (χ1n) is 4.75. The largest absolute Gasteiger partial charge is 0.397 e. The smallest absolute Gasteiger partial charge is 0.0833 e. The number of benzene rings is 1. The minimum atomic E-state index is 0.0575. The monoisotopic (exact) mass is 190 g/mol. The molecule has 3 N–H and O–H groups in total. The second-order valence-electron chi connectivity index (χ2n) is 3.32. The fourth-order valence-electron chi connectivity index (χ4n) is 1.90. The number of anilines is 1. The molecule has 14 heavy (non-hydrogen) atoms. The first-order valence-corrected chi connectivity index (χ1v) is 4.75. The van der Waals surface area contributed by atoms with Gasteiger partial charge in [-0.15, -0.1) is 0 Å². The molecular formula is C11H14N2O. The molecule has 0 unspecified atom stereocenters. The van der Waals surface area contributed by atoms with Gasteiger partial charge in [0.05, 0.1) is 17.8 Å². The predicted octanol–water partition coefficient (Wildman–Crippen LogP) is 1.74. The van der Waals surface area contributed by atoms with E-state index in [4.69, 9.17) is 5.73 Å². The van der Waals surface area contributed by atoms with Gasteiger partial charge in [-0.2, -0.15) is 0 Å². The van der Waals surface area contributed by atoms with E-state index in [0.717, 1.165) is 28.8 Å². The molecule has 0 aliphatic rings. The van der Waals surface area contributed by atoms with Crippen LogP contribution in [0.2, 0.25) is 0 Å². The highest BCUT2D eigenvalue weighted by atomic mass is 16.3. The fourth-order valence-corrected chi connectivity index (χ4v) is 1.90. The molecule has 0 aliphatic heterocycles. The Morgan fingerprint density at radius 2 is 2.21 bits per heavy atom. The first-order chi connectivity index (χ1) is 6.77. The van der Waals surface area contributed by atoms with Gasteiger partial charge >= 0.3 is 0 Å². The number of aliphatic hydroxyl groups excluding tert-OH is 1. The van der Waals surface area contributed by atoms with Crippen LogP contribution in [0.3, 0.4) is 0 Å². The number of rotatable bonds is 2. The van der Waals surface area contributed by atoms with Crippen molar-refractivity contribution in [2.45, 2.75) is 20.1 Å². The summed E-state index contributed by atoms with van der Waals surface area (Å²) in [5, 5.41) is 10.3. The maximum atomic E-state index is 9.18. The van der Waals surface area contributed by atoms with Crippen LogP contribution >= 0.6 is 0 Å². The second-order valence-corrected chi connectivity index (χ2v) is 3.32. The van der Waals surface area contributed by atoms with Crippen LogP contribution in [0, 0.1) is 0 Å². The summed E-state index contributed by atoms with van der Waals surface area (Å²) in [7, 11) is 0. The van der Waals surface area contributed by atoms with E-state index in [1.807, 2.05) is 35.8 Å². The number of hydrogen-bond acceptors (Lipinski definition) is 2. The van der Waals surface area contributed by atoms with E-state index in [-0.39, 0.29) is 6.61 Å². The van der Waals surface area contributed by atoms with E-state index in [0.29, 0.717) is 0 Å². The lowest BCUT2D eigenvalue weighted by Crippen LogP contribution is -2.01. The van der Waals surface area contributed by atoms with Gasteiger partial charge in [0.1, 0.15) is 0 Å². The van der Waals surface area contributed by atoms with Gasteiger partial charge in [-0.05, 0) is 19.1 Å². The van der Waals surface area contributed by atoms with Crippen molar-refractivity contribution in [1.82, 2.24) is 4.57 Å². The molecule has 0 saturated heterocycles. The summed E-state index contributed by atoms with van der Waals surface area (Å²) >= 11 is 0. The molecule has 0 atom stereocenters. The number of hydrogen-bond donors (Lipinski definition) is 2. The van der Waals surface area contributed by atoms with E-state index in [1.54, 1.807) is 0 Å². The molecule has 3 nitrogen and oxygen atoms in total. The maximum absolute atomic E-state index is 9.18. The third-order valence-electron chi connectivity index (χ3n) is 2.52. The van der Waals surface area contributed by atoms with Crippen LogP contribution in [0.15, 0.2) is 24.3 Å². The Kier molecular flexibility index (Phi) is 2.17.